The molecule has 1 aromatic heterocycles. The summed E-state index contributed by atoms with van der Waals surface area (Å²) >= 11 is 0. The second-order valence-electron chi connectivity index (χ2n) is 3.89. The largest absolute Gasteiger partial charge is 0.492 e. The zero-order valence-corrected chi connectivity index (χ0v) is 10.7. The molecule has 2 aromatic rings. The van der Waals surface area contributed by atoms with Gasteiger partial charge in [-0.15, -0.1) is 5.10 Å². The molecule has 18 heavy (non-hydrogen) atoms. The summed E-state index contributed by atoms with van der Waals surface area (Å²) < 4.78 is 7.17. The van der Waals surface area contributed by atoms with Gasteiger partial charge in [-0.3, -0.25) is 4.79 Å². The van der Waals surface area contributed by atoms with E-state index in [0.29, 0.717) is 12.3 Å². The van der Waals surface area contributed by atoms with Crippen LogP contribution < -0.4 is 4.74 Å². The van der Waals surface area contributed by atoms with Crippen molar-refractivity contribution >= 4 is 5.78 Å². The van der Waals surface area contributed by atoms with Gasteiger partial charge in [-0.05, 0) is 26.0 Å². The molecule has 2 rings (SSSR count). The van der Waals surface area contributed by atoms with Gasteiger partial charge in [0.1, 0.15) is 11.4 Å². The Labute approximate surface area is 105 Å². The Morgan fingerprint density at radius 3 is 2.72 bits per heavy atom. The Morgan fingerprint density at radius 2 is 2.11 bits per heavy atom. The second-order valence-corrected chi connectivity index (χ2v) is 3.89. The number of aromatic nitrogens is 3. The minimum absolute atomic E-state index is 0.0901. The number of hydrogen-bond donors (Lipinski definition) is 0. The summed E-state index contributed by atoms with van der Waals surface area (Å²) in [6, 6.07) is 7.54. The minimum atomic E-state index is -0.0901. The van der Waals surface area contributed by atoms with Crippen LogP contribution >= 0.6 is 0 Å². The molecule has 0 fully saturated rings. The highest BCUT2D eigenvalue weighted by molar-refractivity contribution is 5.93. The maximum atomic E-state index is 11.4. The van der Waals surface area contributed by atoms with Gasteiger partial charge in [0.15, 0.2) is 11.5 Å². The first kappa shape index (κ1) is 12.3. The fourth-order valence-corrected chi connectivity index (χ4v) is 1.79. The molecular weight excluding hydrogens is 230 g/mol. The first-order valence-corrected chi connectivity index (χ1v) is 5.80. The number of rotatable bonds is 4. The zero-order valence-electron chi connectivity index (χ0n) is 10.7. The predicted molar refractivity (Wildman–Crippen MR) is 67.3 cm³/mol. The van der Waals surface area contributed by atoms with Gasteiger partial charge >= 0.3 is 0 Å². The van der Waals surface area contributed by atoms with Crippen molar-refractivity contribution in [3.8, 4) is 11.4 Å². The first-order valence-electron chi connectivity index (χ1n) is 5.80. The number of carbonyl (C=O) groups excluding carboxylic acids is 1. The van der Waals surface area contributed by atoms with Crippen LogP contribution in [0.5, 0.6) is 5.75 Å². The van der Waals surface area contributed by atoms with Gasteiger partial charge in [-0.25, -0.2) is 4.68 Å². The summed E-state index contributed by atoms with van der Waals surface area (Å²) in [7, 11) is 0. The van der Waals surface area contributed by atoms with Crippen molar-refractivity contribution in [2.24, 2.45) is 0 Å². The monoisotopic (exact) mass is 245 g/mol. The van der Waals surface area contributed by atoms with Crippen molar-refractivity contribution in [2.45, 2.75) is 20.8 Å². The van der Waals surface area contributed by atoms with E-state index < -0.39 is 0 Å². The maximum Gasteiger partial charge on any atom is 0.181 e. The number of benzene rings is 1. The van der Waals surface area contributed by atoms with Gasteiger partial charge in [-0.1, -0.05) is 17.3 Å². The van der Waals surface area contributed by atoms with Crippen LogP contribution in [0.4, 0.5) is 0 Å². The highest BCUT2D eigenvalue weighted by Crippen LogP contribution is 2.23. The Bertz CT molecular complexity index is 575. The molecule has 0 radical (unpaired) electrons. The topological polar surface area (TPSA) is 57.0 Å². The van der Waals surface area contributed by atoms with Gasteiger partial charge < -0.3 is 4.74 Å². The van der Waals surface area contributed by atoms with Crippen LogP contribution in [0, 0.1) is 6.92 Å². The third kappa shape index (κ3) is 2.11. The average molecular weight is 245 g/mol. The summed E-state index contributed by atoms with van der Waals surface area (Å²) in [6.07, 6.45) is 0. The van der Waals surface area contributed by atoms with Crippen molar-refractivity contribution in [2.75, 3.05) is 6.61 Å². The molecule has 94 valence electrons. The van der Waals surface area contributed by atoms with Gasteiger partial charge in [0.25, 0.3) is 0 Å². The standard InChI is InChI=1S/C13H15N3O2/c1-4-18-12-8-6-5-7-11(12)16-9(2)13(10(3)17)14-15-16/h5-8H,4H2,1-3H3. The summed E-state index contributed by atoms with van der Waals surface area (Å²) in [5.74, 6) is 0.635. The van der Waals surface area contributed by atoms with Crippen molar-refractivity contribution in [1.29, 1.82) is 0 Å². The Morgan fingerprint density at radius 1 is 1.39 bits per heavy atom. The Kier molecular flexibility index (Phi) is 3.41. The van der Waals surface area contributed by atoms with E-state index >= 15 is 0 Å². The number of hydrogen-bond acceptors (Lipinski definition) is 4. The third-order valence-electron chi connectivity index (χ3n) is 2.62. The van der Waals surface area contributed by atoms with Crippen LogP contribution in [-0.2, 0) is 0 Å². The van der Waals surface area contributed by atoms with Crippen LogP contribution in [0.3, 0.4) is 0 Å². The Balaban J connectivity index is 2.52. The van der Waals surface area contributed by atoms with Crippen LogP contribution in [0.15, 0.2) is 24.3 Å². The maximum absolute atomic E-state index is 11.4. The number of Topliss-reactive ketones (excluding diaryl/α,β-unsaturated/α-hetero) is 1. The molecule has 0 saturated heterocycles. The number of nitrogens with zero attached hydrogens (tertiary/aromatic N) is 3. The lowest BCUT2D eigenvalue weighted by molar-refractivity contribution is 0.101. The lowest BCUT2D eigenvalue weighted by atomic mass is 10.2. The van der Waals surface area contributed by atoms with Gasteiger partial charge in [-0.2, -0.15) is 0 Å². The van der Waals surface area contributed by atoms with Crippen molar-refractivity contribution in [1.82, 2.24) is 15.0 Å². The predicted octanol–water partition coefficient (Wildman–Crippen LogP) is 2.18. The molecule has 0 bridgehead atoms. The summed E-state index contributed by atoms with van der Waals surface area (Å²) in [6.45, 7) is 5.80. The van der Waals surface area contributed by atoms with Crippen LogP contribution in [0.2, 0.25) is 0 Å². The van der Waals surface area contributed by atoms with Gasteiger partial charge in [0.05, 0.1) is 12.3 Å². The van der Waals surface area contributed by atoms with Gasteiger partial charge in [0, 0.05) is 6.92 Å². The number of ether oxygens (including phenoxy) is 1. The van der Waals surface area contributed by atoms with Crippen molar-refractivity contribution in [3.05, 3.63) is 35.7 Å². The molecule has 1 aromatic carbocycles. The summed E-state index contributed by atoms with van der Waals surface area (Å²) in [5.41, 5.74) is 1.90. The second kappa shape index (κ2) is 5.00. The molecule has 0 aliphatic rings. The average Bonchev–Trinajstić information content (AvgIpc) is 2.72. The van der Waals surface area contributed by atoms with E-state index in [0.717, 1.165) is 17.1 Å². The molecule has 5 heteroatoms. The fraction of sp³-hybridized carbons (Fsp3) is 0.308. The quantitative estimate of drug-likeness (QED) is 0.775. The highest BCUT2D eigenvalue weighted by atomic mass is 16.5. The summed E-state index contributed by atoms with van der Waals surface area (Å²) in [5, 5.41) is 7.92. The third-order valence-corrected chi connectivity index (χ3v) is 2.62. The highest BCUT2D eigenvalue weighted by Gasteiger charge is 2.15. The van der Waals surface area contributed by atoms with Crippen LogP contribution in [0.25, 0.3) is 5.69 Å². The van der Waals surface area contributed by atoms with E-state index in [2.05, 4.69) is 10.3 Å². The molecule has 0 spiro atoms. The van der Waals surface area contributed by atoms with Crippen LogP contribution in [0.1, 0.15) is 30.0 Å². The number of para-hydroxylation sites is 2. The van der Waals surface area contributed by atoms with Crippen molar-refractivity contribution in [3.63, 3.8) is 0 Å². The molecule has 0 aliphatic carbocycles. The molecule has 0 unspecified atom stereocenters. The number of carbonyl (C=O) groups is 1. The lowest BCUT2D eigenvalue weighted by Gasteiger charge is -2.10. The van der Waals surface area contributed by atoms with Gasteiger partial charge in [0.2, 0.25) is 0 Å². The molecule has 0 N–H and O–H groups in total. The minimum Gasteiger partial charge on any atom is -0.492 e. The SMILES string of the molecule is CCOc1ccccc1-n1nnc(C(C)=O)c1C. The molecule has 0 atom stereocenters. The van der Waals surface area contributed by atoms with E-state index in [1.54, 1.807) is 4.68 Å². The normalized spacial score (nSPS) is 10.4. The van der Waals surface area contributed by atoms with E-state index in [1.165, 1.54) is 6.92 Å². The molecule has 0 aliphatic heterocycles. The molecule has 5 nitrogen and oxygen atoms in total. The first-order chi connectivity index (χ1) is 8.65. The lowest BCUT2D eigenvalue weighted by Crippen LogP contribution is -2.04. The van der Waals surface area contributed by atoms with E-state index in [-0.39, 0.29) is 5.78 Å². The molecule has 0 saturated carbocycles. The molecule has 0 amide bonds. The molecule has 1 heterocycles. The van der Waals surface area contributed by atoms with Crippen molar-refractivity contribution < 1.29 is 9.53 Å². The van der Waals surface area contributed by atoms with E-state index in [1.807, 2.05) is 38.1 Å². The zero-order chi connectivity index (χ0) is 13.1. The smallest absolute Gasteiger partial charge is 0.181 e. The Hall–Kier alpha value is -2.17. The fourth-order valence-electron chi connectivity index (χ4n) is 1.79. The van der Waals surface area contributed by atoms with E-state index in [9.17, 15) is 4.79 Å². The molecular formula is C13H15N3O2. The van der Waals surface area contributed by atoms with Crippen LogP contribution in [-0.4, -0.2) is 27.4 Å². The summed E-state index contributed by atoms with van der Waals surface area (Å²) in [4.78, 5) is 11.4. The number of ketones is 1. The van der Waals surface area contributed by atoms with E-state index in [4.69, 9.17) is 4.74 Å².